The molecule has 1 aromatic rings. The first kappa shape index (κ1) is 22.4. The molecule has 0 aromatic carbocycles. The van der Waals surface area contributed by atoms with Gasteiger partial charge in [0, 0.05) is 23.6 Å². The number of anilines is 1. The molecule has 0 bridgehead atoms. The number of hydrogen-bond acceptors (Lipinski definition) is 12. The number of thiazole rings is 1. The molecule has 164 valence electrons. The molecule has 2 aliphatic heterocycles. The number of carbonyl (C=O) groups excluding carboxylic acids is 4. The normalized spacial score (nSPS) is 20.9. The number of β-lactam (4-membered cyclic amide) rings is 1. The largest absolute Gasteiger partial charge is 0.477 e. The number of fused-ring (bicyclic) bond motifs is 1. The van der Waals surface area contributed by atoms with Crippen LogP contribution in [0.25, 0.3) is 0 Å². The molecule has 3 atom stereocenters. The van der Waals surface area contributed by atoms with Crippen molar-refractivity contribution in [1.29, 1.82) is 0 Å². The van der Waals surface area contributed by atoms with Gasteiger partial charge in [0.25, 0.3) is 11.8 Å². The van der Waals surface area contributed by atoms with Crippen LogP contribution in [0.1, 0.15) is 17.4 Å². The molecule has 2 amide bonds. The summed E-state index contributed by atoms with van der Waals surface area (Å²) in [5.74, 6) is -4.72. The molecule has 4 N–H and O–H groups in total. The summed E-state index contributed by atoms with van der Waals surface area (Å²) in [5, 5.41) is 14.9. The first-order valence-electron chi connectivity index (χ1n) is 8.57. The van der Waals surface area contributed by atoms with Gasteiger partial charge in [0.15, 0.2) is 5.13 Å². The molecule has 0 radical (unpaired) electrons. The van der Waals surface area contributed by atoms with E-state index in [1.54, 1.807) is 0 Å². The van der Waals surface area contributed by atoms with Gasteiger partial charge in [0.1, 0.15) is 29.4 Å². The number of nitroso groups, excluding NO2 is 1. The maximum Gasteiger partial charge on any atom is 0.352 e. The zero-order valence-corrected chi connectivity index (χ0v) is 17.4. The van der Waals surface area contributed by atoms with Crippen LogP contribution in [-0.2, 0) is 23.9 Å². The number of hydrogen-bond donors (Lipinski definition) is 3. The highest BCUT2D eigenvalue weighted by Crippen LogP contribution is 2.40. The third kappa shape index (κ3) is 4.27. The van der Waals surface area contributed by atoms with Crippen LogP contribution in [0.3, 0.4) is 0 Å². The monoisotopic (exact) mass is 469 g/mol. The van der Waals surface area contributed by atoms with Gasteiger partial charge in [-0.3, -0.25) is 24.1 Å². The molecule has 1 saturated heterocycles. The summed E-state index contributed by atoms with van der Waals surface area (Å²) in [4.78, 5) is 75.8. The predicted molar refractivity (Wildman–Crippen MR) is 107 cm³/mol. The number of carbonyl (C=O) groups is 5. The fraction of sp³-hybridized carbons (Fsp3) is 0.375. The number of thioether (sulfide) groups is 1. The molecule has 1 aromatic heterocycles. The van der Waals surface area contributed by atoms with E-state index in [1.807, 2.05) is 0 Å². The minimum Gasteiger partial charge on any atom is -0.477 e. The smallest absolute Gasteiger partial charge is 0.352 e. The van der Waals surface area contributed by atoms with Crippen molar-refractivity contribution in [3.05, 3.63) is 27.3 Å². The minimum atomic E-state index is -1.98. The van der Waals surface area contributed by atoms with Gasteiger partial charge in [-0.05, 0) is 5.18 Å². The molecule has 1 fully saturated rings. The number of nitrogens with two attached hydrogens (primary N) is 1. The number of carboxylic acid groups (broad SMARTS) is 1. The number of nitrogens with one attached hydrogen (secondary N) is 1. The van der Waals surface area contributed by atoms with Crippen LogP contribution >= 0.6 is 23.1 Å². The van der Waals surface area contributed by atoms with E-state index in [1.165, 1.54) is 12.3 Å². The summed E-state index contributed by atoms with van der Waals surface area (Å²) < 4.78 is 4.83. The Morgan fingerprint density at radius 3 is 2.71 bits per heavy atom. The van der Waals surface area contributed by atoms with Crippen LogP contribution in [0.5, 0.6) is 0 Å². The van der Waals surface area contributed by atoms with Crippen LogP contribution in [0, 0.1) is 4.91 Å². The zero-order chi connectivity index (χ0) is 22.9. The van der Waals surface area contributed by atoms with Gasteiger partial charge in [-0.15, -0.1) is 28.0 Å². The minimum absolute atomic E-state index is 0.0642. The van der Waals surface area contributed by atoms with E-state index < -0.39 is 47.0 Å². The first-order valence-corrected chi connectivity index (χ1v) is 10.5. The van der Waals surface area contributed by atoms with E-state index in [4.69, 9.17) is 10.5 Å². The maximum absolute atomic E-state index is 12.6. The van der Waals surface area contributed by atoms with E-state index in [9.17, 15) is 34.0 Å². The third-order valence-corrected chi connectivity index (χ3v) is 6.39. The Bertz CT molecular complexity index is 1020. The number of carboxylic acids is 1. The first-order chi connectivity index (χ1) is 14.6. The number of amides is 2. The van der Waals surface area contributed by atoms with Crippen LogP contribution in [-0.4, -0.2) is 74.3 Å². The van der Waals surface area contributed by atoms with Gasteiger partial charge < -0.3 is 20.9 Å². The number of ether oxygens (including phenoxy) is 1. The number of aliphatic carboxylic acids is 1. The summed E-state index contributed by atoms with van der Waals surface area (Å²) in [7, 11) is 0. The summed E-state index contributed by atoms with van der Waals surface area (Å²) in [6.45, 7) is 0.874. The average molecular weight is 469 g/mol. The average Bonchev–Trinajstić information content (AvgIpc) is 3.16. The summed E-state index contributed by atoms with van der Waals surface area (Å²) in [6, 6.07) is -3.15. The Hall–Kier alpha value is -3.33. The van der Waals surface area contributed by atoms with Crippen LogP contribution < -0.4 is 11.1 Å². The highest BCUT2D eigenvalue weighted by Gasteiger charge is 2.55. The van der Waals surface area contributed by atoms with E-state index >= 15 is 0 Å². The fourth-order valence-electron chi connectivity index (χ4n) is 2.97. The lowest BCUT2D eigenvalue weighted by Gasteiger charge is -2.49. The van der Waals surface area contributed by atoms with Crippen molar-refractivity contribution < 1.29 is 33.8 Å². The number of nitrogen functional groups attached to an aromatic ring is 1. The number of ketones is 1. The zero-order valence-electron chi connectivity index (χ0n) is 15.8. The summed E-state index contributed by atoms with van der Waals surface area (Å²) in [6.07, 6.45) is 0. The highest BCUT2D eigenvalue weighted by atomic mass is 32.2. The van der Waals surface area contributed by atoms with Crippen molar-refractivity contribution >= 4 is 57.8 Å². The SMILES string of the molecule is CC(=O)OCC1=C(C(=O)O)N2C(=O)[C@@H](NC(=O)C(N=O)C(=O)c3csc(N)n3)[C@@H]2SC1. The van der Waals surface area contributed by atoms with Gasteiger partial charge in [0.2, 0.25) is 11.8 Å². The van der Waals surface area contributed by atoms with Gasteiger partial charge in [-0.1, -0.05) is 0 Å². The molecule has 0 spiro atoms. The number of rotatable bonds is 8. The lowest BCUT2D eigenvalue weighted by atomic mass is 10.0. The predicted octanol–water partition coefficient (Wildman–Crippen LogP) is -0.655. The number of aromatic nitrogens is 1. The molecule has 2 aliphatic rings. The van der Waals surface area contributed by atoms with Gasteiger partial charge in [-0.25, -0.2) is 9.78 Å². The molecule has 0 saturated carbocycles. The molecule has 3 heterocycles. The van der Waals surface area contributed by atoms with Crippen LogP contribution in [0.15, 0.2) is 21.8 Å². The molecule has 3 rings (SSSR count). The third-order valence-electron chi connectivity index (χ3n) is 4.37. The molecular weight excluding hydrogens is 454 g/mol. The van der Waals surface area contributed by atoms with E-state index in [2.05, 4.69) is 15.5 Å². The molecule has 0 aliphatic carbocycles. The number of nitrogens with zero attached hydrogens (tertiary/aromatic N) is 3. The Labute approximate surface area is 182 Å². The molecule has 31 heavy (non-hydrogen) atoms. The highest BCUT2D eigenvalue weighted by molar-refractivity contribution is 8.00. The molecule has 1 unspecified atom stereocenters. The standard InChI is InChI=1S/C16H15N5O8S2/c1-5(22)29-2-6-3-30-14-9(13(25)21(14)10(6)15(26)27)19-12(24)8(20-28)11(23)7-4-31-16(17)18-7/h4,8-9,14H,2-3H2,1H3,(H2,17,18)(H,19,24)(H,26,27)/t8?,9-,14+/m1/s1. The Balaban J connectivity index is 1.73. The van der Waals surface area contributed by atoms with Crippen molar-refractivity contribution in [2.24, 2.45) is 5.18 Å². The summed E-state index contributed by atoms with van der Waals surface area (Å²) >= 11 is 2.07. The Kier molecular flexibility index (Phi) is 6.35. The number of esters is 1. The van der Waals surface area contributed by atoms with Gasteiger partial charge >= 0.3 is 11.9 Å². The Morgan fingerprint density at radius 1 is 1.45 bits per heavy atom. The van der Waals surface area contributed by atoms with E-state index in [0.29, 0.717) is 0 Å². The summed E-state index contributed by atoms with van der Waals surface area (Å²) in [5.41, 5.74) is 5.12. The topological polar surface area (TPSA) is 198 Å². The number of Topliss-reactive ketones (excluding diaryl/α,β-unsaturated/α-hetero) is 1. The van der Waals surface area contributed by atoms with E-state index in [0.717, 1.165) is 28.0 Å². The lowest BCUT2D eigenvalue weighted by molar-refractivity contribution is -0.151. The molecular formula is C16H15N5O8S2. The van der Waals surface area contributed by atoms with Crippen molar-refractivity contribution in [1.82, 2.24) is 15.2 Å². The molecule has 13 nitrogen and oxygen atoms in total. The van der Waals surface area contributed by atoms with Crippen LogP contribution in [0.4, 0.5) is 5.13 Å². The van der Waals surface area contributed by atoms with Crippen molar-refractivity contribution in [2.45, 2.75) is 24.4 Å². The fourth-order valence-corrected chi connectivity index (χ4v) is 4.85. The quantitative estimate of drug-likeness (QED) is 0.144. The van der Waals surface area contributed by atoms with Gasteiger partial charge in [-0.2, -0.15) is 0 Å². The Morgan fingerprint density at radius 2 is 2.16 bits per heavy atom. The maximum atomic E-state index is 12.6. The van der Waals surface area contributed by atoms with Gasteiger partial charge in [0.05, 0.1) is 0 Å². The van der Waals surface area contributed by atoms with E-state index in [-0.39, 0.29) is 34.5 Å². The van der Waals surface area contributed by atoms with Crippen molar-refractivity contribution in [2.75, 3.05) is 18.1 Å². The van der Waals surface area contributed by atoms with Crippen LogP contribution in [0.2, 0.25) is 0 Å². The lowest BCUT2D eigenvalue weighted by Crippen LogP contribution is -2.71. The second-order valence-corrected chi connectivity index (χ2v) is 8.37. The van der Waals surface area contributed by atoms with Crippen molar-refractivity contribution in [3.63, 3.8) is 0 Å². The second kappa shape index (κ2) is 8.81. The molecule has 15 heteroatoms. The van der Waals surface area contributed by atoms with Crippen molar-refractivity contribution in [3.8, 4) is 0 Å². The second-order valence-electron chi connectivity index (χ2n) is 6.38.